The van der Waals surface area contributed by atoms with Crippen molar-refractivity contribution in [1.29, 1.82) is 0 Å². The van der Waals surface area contributed by atoms with Crippen molar-refractivity contribution in [1.82, 2.24) is 10.1 Å². The van der Waals surface area contributed by atoms with Gasteiger partial charge in [0.1, 0.15) is 6.34 Å². The Morgan fingerprint density at radius 1 is 1.58 bits per heavy atom. The van der Waals surface area contributed by atoms with Gasteiger partial charge < -0.3 is 0 Å². The van der Waals surface area contributed by atoms with Gasteiger partial charge in [-0.1, -0.05) is 39.3 Å². The molecule has 7 heteroatoms. The molecule has 0 aromatic rings. The lowest BCUT2D eigenvalue weighted by Crippen LogP contribution is -2.45. The summed E-state index contributed by atoms with van der Waals surface area (Å²) in [4.78, 5) is 0. The fraction of sp³-hybridized carbons (Fsp3) is 0.800. The molecule has 0 N–H and O–H groups in total. The average molecular weight is 234 g/mol. The van der Waals surface area contributed by atoms with Crippen LogP contribution in [0.15, 0.2) is 5.10 Å². The van der Waals surface area contributed by atoms with Gasteiger partial charge in [-0.25, -0.2) is 0 Å². The van der Waals surface area contributed by atoms with Crippen molar-refractivity contribution in [2.45, 2.75) is 16.9 Å². The van der Waals surface area contributed by atoms with Crippen molar-refractivity contribution < 1.29 is 4.48 Å². The first-order valence-electron chi connectivity index (χ1n) is 3.28. The molecule has 3 nitrogen and oxygen atoms in total. The number of nitrogens with zero attached hydrogens (tertiary/aromatic N) is 3. The van der Waals surface area contributed by atoms with Crippen molar-refractivity contribution in [3.8, 4) is 0 Å². The molecular formula is C5H7Cl3FN3. The zero-order valence-electron chi connectivity index (χ0n) is 6.22. The van der Waals surface area contributed by atoms with Crippen LogP contribution >= 0.6 is 34.8 Å². The molecule has 0 amide bonds. The number of hydrogen-bond donors (Lipinski definition) is 0. The molecular weight excluding hydrogens is 227 g/mol. The van der Waals surface area contributed by atoms with Crippen LogP contribution in [0, 0.1) is 0 Å². The van der Waals surface area contributed by atoms with Gasteiger partial charge in [-0.2, -0.15) is 10.2 Å². The first-order valence-corrected chi connectivity index (χ1v) is 4.41. The first kappa shape index (κ1) is 10.2. The largest absolute Gasteiger partial charge is 0.266 e. The predicted octanol–water partition coefficient (Wildman–Crippen LogP) is 2.15. The minimum atomic E-state index is -1.71. The molecule has 0 aromatic carbocycles. The zero-order valence-corrected chi connectivity index (χ0v) is 8.48. The summed E-state index contributed by atoms with van der Waals surface area (Å²) in [6.45, 7) is 2.27. The Labute approximate surface area is 84.6 Å². The van der Waals surface area contributed by atoms with E-state index in [1.165, 1.54) is 5.01 Å². The SMILES string of the molecule is CCN1N=CN(F)C1C(Cl)(Cl)Cl. The minimum Gasteiger partial charge on any atom is -0.266 e. The van der Waals surface area contributed by atoms with Gasteiger partial charge in [0, 0.05) is 6.54 Å². The van der Waals surface area contributed by atoms with Gasteiger partial charge in [0.05, 0.1) is 0 Å². The number of halogens is 4. The second kappa shape index (κ2) is 3.44. The van der Waals surface area contributed by atoms with E-state index in [-0.39, 0.29) is 5.12 Å². The molecule has 0 radical (unpaired) electrons. The molecule has 1 aliphatic heterocycles. The molecule has 1 heterocycles. The van der Waals surface area contributed by atoms with E-state index < -0.39 is 9.96 Å². The second-order valence-electron chi connectivity index (χ2n) is 2.25. The summed E-state index contributed by atoms with van der Waals surface area (Å²) in [7, 11) is 0. The Morgan fingerprint density at radius 3 is 2.50 bits per heavy atom. The maximum absolute atomic E-state index is 12.9. The third-order valence-electron chi connectivity index (χ3n) is 1.44. The lowest BCUT2D eigenvalue weighted by molar-refractivity contribution is 0.00976. The summed E-state index contributed by atoms with van der Waals surface area (Å²) in [5, 5.41) is 5.32. The molecule has 1 atom stereocenters. The van der Waals surface area contributed by atoms with Crippen molar-refractivity contribution in [2.75, 3.05) is 6.54 Å². The predicted molar refractivity (Wildman–Crippen MR) is 47.9 cm³/mol. The van der Waals surface area contributed by atoms with E-state index >= 15 is 0 Å². The maximum atomic E-state index is 12.9. The molecule has 0 spiro atoms. The van der Waals surface area contributed by atoms with E-state index in [0.717, 1.165) is 6.34 Å². The highest BCUT2D eigenvalue weighted by Crippen LogP contribution is 2.36. The standard InChI is InChI=1S/C5H7Cl3FN3/c1-2-12-4(5(6,7)8)11(9)3-10-12/h3-4H,2H2,1H3. The van der Waals surface area contributed by atoms with E-state index in [1.54, 1.807) is 6.92 Å². The second-order valence-corrected chi connectivity index (χ2v) is 4.62. The van der Waals surface area contributed by atoms with Gasteiger partial charge in [-0.05, 0) is 6.92 Å². The molecule has 1 unspecified atom stereocenters. The van der Waals surface area contributed by atoms with E-state index in [9.17, 15) is 4.48 Å². The molecule has 0 bridgehead atoms. The molecule has 0 saturated heterocycles. The summed E-state index contributed by atoms with van der Waals surface area (Å²) in [6.07, 6.45) is 0.0169. The monoisotopic (exact) mass is 233 g/mol. The van der Waals surface area contributed by atoms with Crippen LogP contribution in [0.25, 0.3) is 0 Å². The summed E-state index contributed by atoms with van der Waals surface area (Å²) in [5.41, 5.74) is 0. The van der Waals surface area contributed by atoms with Crippen LogP contribution in [0.5, 0.6) is 0 Å². The molecule has 12 heavy (non-hydrogen) atoms. The minimum absolute atomic E-state index is 0.274. The molecule has 1 aliphatic rings. The highest BCUT2D eigenvalue weighted by atomic mass is 35.6. The zero-order chi connectivity index (χ0) is 9.35. The quantitative estimate of drug-likeness (QED) is 0.511. The van der Waals surface area contributed by atoms with Crippen LogP contribution in [0.2, 0.25) is 0 Å². The van der Waals surface area contributed by atoms with Crippen LogP contribution < -0.4 is 0 Å². The van der Waals surface area contributed by atoms with Crippen LogP contribution in [-0.4, -0.2) is 33.0 Å². The molecule has 0 aliphatic carbocycles. The Morgan fingerprint density at radius 2 is 2.17 bits per heavy atom. The van der Waals surface area contributed by atoms with Crippen LogP contribution in [0.4, 0.5) is 4.48 Å². The lowest BCUT2D eigenvalue weighted by Gasteiger charge is -2.29. The molecule has 0 fully saturated rings. The van der Waals surface area contributed by atoms with Gasteiger partial charge in [0.25, 0.3) is 0 Å². The van der Waals surface area contributed by atoms with Gasteiger partial charge in [0.15, 0.2) is 6.17 Å². The lowest BCUT2D eigenvalue weighted by atomic mass is 10.5. The fourth-order valence-corrected chi connectivity index (χ4v) is 1.55. The highest BCUT2D eigenvalue weighted by molar-refractivity contribution is 6.68. The van der Waals surface area contributed by atoms with Crippen molar-refractivity contribution >= 4 is 41.1 Å². The summed E-state index contributed by atoms with van der Waals surface area (Å²) in [6, 6.07) is 0. The van der Waals surface area contributed by atoms with Gasteiger partial charge in [-0.15, -0.1) is 0 Å². The third-order valence-corrected chi connectivity index (χ3v) is 2.03. The van der Waals surface area contributed by atoms with E-state index in [0.29, 0.717) is 6.54 Å². The third kappa shape index (κ3) is 1.87. The Bertz CT molecular complexity index is 193. The molecule has 1 rings (SSSR count). The van der Waals surface area contributed by atoms with Crippen LogP contribution in [-0.2, 0) is 0 Å². The summed E-state index contributed by atoms with van der Waals surface area (Å²) < 4.78 is 11.2. The molecule has 0 aromatic heterocycles. The van der Waals surface area contributed by atoms with Gasteiger partial charge in [0.2, 0.25) is 3.79 Å². The van der Waals surface area contributed by atoms with E-state index in [1.807, 2.05) is 0 Å². The summed E-state index contributed by atoms with van der Waals surface area (Å²) in [5.74, 6) is 0. The first-order chi connectivity index (χ1) is 5.46. The topological polar surface area (TPSA) is 18.8 Å². The van der Waals surface area contributed by atoms with Crippen molar-refractivity contribution in [3.05, 3.63) is 0 Å². The number of alkyl halides is 3. The molecule has 0 saturated carbocycles. The smallest absolute Gasteiger partial charge is 0.232 e. The summed E-state index contributed by atoms with van der Waals surface area (Å²) >= 11 is 16.6. The number of rotatable bonds is 1. The van der Waals surface area contributed by atoms with Gasteiger partial charge in [-0.3, -0.25) is 5.01 Å². The van der Waals surface area contributed by atoms with E-state index in [4.69, 9.17) is 34.8 Å². The fourth-order valence-electron chi connectivity index (χ4n) is 0.933. The average Bonchev–Trinajstić information content (AvgIpc) is 2.29. The van der Waals surface area contributed by atoms with E-state index in [2.05, 4.69) is 5.10 Å². The van der Waals surface area contributed by atoms with Gasteiger partial charge >= 0.3 is 0 Å². The molecule has 70 valence electrons. The van der Waals surface area contributed by atoms with Crippen LogP contribution in [0.3, 0.4) is 0 Å². The number of hydrazone groups is 1. The van der Waals surface area contributed by atoms with Crippen LogP contribution in [0.1, 0.15) is 6.92 Å². The number of hydrogen-bond acceptors (Lipinski definition) is 3. The Kier molecular flexibility index (Phi) is 2.91. The van der Waals surface area contributed by atoms with Crippen molar-refractivity contribution in [2.24, 2.45) is 5.10 Å². The highest BCUT2D eigenvalue weighted by Gasteiger charge is 2.44. The van der Waals surface area contributed by atoms with Crippen molar-refractivity contribution in [3.63, 3.8) is 0 Å². The Balaban J connectivity index is 2.75. The Hall–Kier alpha value is 0.0700. The normalized spacial score (nSPS) is 23.9. The maximum Gasteiger partial charge on any atom is 0.232 e.